The van der Waals surface area contributed by atoms with Crippen molar-refractivity contribution in [1.29, 1.82) is 0 Å². The van der Waals surface area contributed by atoms with Gasteiger partial charge in [-0.15, -0.1) is 0 Å². The predicted molar refractivity (Wildman–Crippen MR) is 39.9 cm³/mol. The lowest BCUT2D eigenvalue weighted by molar-refractivity contribution is -0.156. The van der Waals surface area contributed by atoms with Crippen LogP contribution in [0.25, 0.3) is 0 Å². The first-order valence-corrected chi connectivity index (χ1v) is 3.64. The predicted octanol–water partition coefficient (Wildman–Crippen LogP) is 0.341. The van der Waals surface area contributed by atoms with Crippen molar-refractivity contribution in [2.75, 3.05) is 6.61 Å². The Morgan fingerprint density at radius 2 is 2.00 bits per heavy atom. The van der Waals surface area contributed by atoms with Gasteiger partial charge in [0, 0.05) is 0 Å². The zero-order valence-electron chi connectivity index (χ0n) is 6.82. The Balaban J connectivity index is 3.79. The van der Waals surface area contributed by atoms with Crippen molar-refractivity contribution in [3.63, 3.8) is 0 Å². The Kier molecular flexibility index (Phi) is 5.03. The summed E-state index contributed by atoms with van der Waals surface area (Å²) in [5.74, 6) is -2.27. The number of rotatable bonds is 6. The summed E-state index contributed by atoms with van der Waals surface area (Å²) in [4.78, 5) is 20.4. The lowest BCUT2D eigenvalue weighted by Gasteiger charge is -2.09. The first-order valence-electron chi connectivity index (χ1n) is 3.64. The summed E-state index contributed by atoms with van der Waals surface area (Å²) in [5, 5.41) is 16.7. The van der Waals surface area contributed by atoms with Gasteiger partial charge in [-0.3, -0.25) is 0 Å². The van der Waals surface area contributed by atoms with Crippen molar-refractivity contribution in [3.8, 4) is 0 Å². The Morgan fingerprint density at radius 1 is 1.42 bits per heavy atom. The van der Waals surface area contributed by atoms with E-state index in [4.69, 9.17) is 10.2 Å². The van der Waals surface area contributed by atoms with Gasteiger partial charge >= 0.3 is 11.9 Å². The molecule has 5 heteroatoms. The van der Waals surface area contributed by atoms with Gasteiger partial charge in [-0.2, -0.15) is 0 Å². The van der Waals surface area contributed by atoms with Gasteiger partial charge in [0.25, 0.3) is 0 Å². The molecule has 0 aliphatic rings. The number of carbonyl (C=O) groups is 2. The normalized spacial score (nSPS) is 12.4. The molecule has 0 spiro atoms. The van der Waals surface area contributed by atoms with E-state index in [-0.39, 0.29) is 0 Å². The number of ether oxygens (including phenoxy) is 1. The van der Waals surface area contributed by atoms with Crippen LogP contribution in [-0.2, 0) is 14.3 Å². The fourth-order valence-corrected chi connectivity index (χ4v) is 0.712. The third kappa shape index (κ3) is 4.68. The van der Waals surface area contributed by atoms with E-state index < -0.39 is 24.6 Å². The molecule has 0 aromatic heterocycles. The zero-order valence-corrected chi connectivity index (χ0v) is 6.82. The molecule has 0 aromatic rings. The lowest BCUT2D eigenvalue weighted by Crippen LogP contribution is -2.26. The number of carboxylic acid groups (broad SMARTS) is 2. The molecule has 2 N–H and O–H groups in total. The fraction of sp³-hybridized carbons (Fsp3) is 0.714. The largest absolute Gasteiger partial charge is 0.480 e. The van der Waals surface area contributed by atoms with Crippen molar-refractivity contribution >= 4 is 11.9 Å². The van der Waals surface area contributed by atoms with Crippen LogP contribution in [0, 0.1) is 0 Å². The molecule has 1 atom stereocenters. The van der Waals surface area contributed by atoms with Crippen LogP contribution < -0.4 is 0 Å². The third-order valence-corrected chi connectivity index (χ3v) is 1.23. The highest BCUT2D eigenvalue weighted by atomic mass is 16.5. The van der Waals surface area contributed by atoms with Crippen LogP contribution in [0.1, 0.15) is 19.8 Å². The van der Waals surface area contributed by atoms with Crippen LogP contribution in [0.15, 0.2) is 0 Å². The molecule has 70 valence electrons. The molecule has 0 amide bonds. The van der Waals surface area contributed by atoms with E-state index in [1.165, 1.54) is 0 Å². The molecule has 0 radical (unpaired) electrons. The number of carboxylic acids is 2. The van der Waals surface area contributed by atoms with Crippen LogP contribution in [-0.4, -0.2) is 34.9 Å². The minimum atomic E-state index is -1.16. The molecule has 0 aliphatic heterocycles. The molecule has 0 bridgehead atoms. The molecule has 0 rings (SSSR count). The second-order valence-corrected chi connectivity index (χ2v) is 2.32. The van der Waals surface area contributed by atoms with E-state index in [1.807, 2.05) is 0 Å². The van der Waals surface area contributed by atoms with E-state index in [2.05, 4.69) is 4.74 Å². The number of hydrogen-bond donors (Lipinski definition) is 2. The van der Waals surface area contributed by atoms with Gasteiger partial charge in [0.1, 0.15) is 6.61 Å². The minimum absolute atomic E-state index is 0.336. The van der Waals surface area contributed by atoms with E-state index in [9.17, 15) is 9.59 Å². The second-order valence-electron chi connectivity index (χ2n) is 2.32. The third-order valence-electron chi connectivity index (χ3n) is 1.23. The first kappa shape index (κ1) is 10.9. The summed E-state index contributed by atoms with van der Waals surface area (Å²) in [6.07, 6.45) is -0.00904. The van der Waals surface area contributed by atoms with Crippen molar-refractivity contribution in [2.45, 2.75) is 25.9 Å². The van der Waals surface area contributed by atoms with E-state index >= 15 is 0 Å². The molecule has 0 saturated heterocycles. The maximum atomic E-state index is 10.4. The molecule has 1 unspecified atom stereocenters. The standard InChI is InChI=1S/C7H12O5/c1-2-3-5(7(10)11)12-4-6(8)9/h5H,2-4H2,1H3,(H,8,9)(H,10,11). The van der Waals surface area contributed by atoms with Crippen LogP contribution in [0.2, 0.25) is 0 Å². The van der Waals surface area contributed by atoms with Crippen molar-refractivity contribution < 1.29 is 24.5 Å². The SMILES string of the molecule is CCCC(OCC(=O)O)C(=O)O. The molecular formula is C7H12O5. The highest BCUT2D eigenvalue weighted by molar-refractivity contribution is 5.73. The molecular weight excluding hydrogens is 164 g/mol. The van der Waals surface area contributed by atoms with E-state index in [1.54, 1.807) is 6.92 Å². The Bertz CT molecular complexity index is 165. The summed E-state index contributed by atoms with van der Waals surface area (Å²) in [6, 6.07) is 0. The van der Waals surface area contributed by atoms with Crippen molar-refractivity contribution in [2.24, 2.45) is 0 Å². The van der Waals surface area contributed by atoms with Gasteiger partial charge in [0.15, 0.2) is 6.10 Å². The monoisotopic (exact) mass is 176 g/mol. The molecule has 5 nitrogen and oxygen atoms in total. The zero-order chi connectivity index (χ0) is 9.56. The van der Waals surface area contributed by atoms with Crippen molar-refractivity contribution in [1.82, 2.24) is 0 Å². The van der Waals surface area contributed by atoms with E-state index in [0.717, 1.165) is 0 Å². The topological polar surface area (TPSA) is 83.8 Å². The number of aliphatic carboxylic acids is 2. The molecule has 0 fully saturated rings. The highest BCUT2D eigenvalue weighted by Gasteiger charge is 2.17. The smallest absolute Gasteiger partial charge is 0.332 e. The first-order chi connectivity index (χ1) is 5.57. The van der Waals surface area contributed by atoms with Crippen LogP contribution in [0.4, 0.5) is 0 Å². The average molecular weight is 176 g/mol. The van der Waals surface area contributed by atoms with Gasteiger partial charge in [-0.1, -0.05) is 13.3 Å². The summed E-state index contributed by atoms with van der Waals surface area (Å²) in [5.41, 5.74) is 0. The maximum absolute atomic E-state index is 10.4. The Morgan fingerprint density at radius 3 is 2.33 bits per heavy atom. The van der Waals surface area contributed by atoms with E-state index in [0.29, 0.717) is 12.8 Å². The quantitative estimate of drug-likeness (QED) is 0.609. The molecule has 0 aromatic carbocycles. The van der Waals surface area contributed by atoms with Crippen LogP contribution in [0.3, 0.4) is 0 Å². The molecule has 12 heavy (non-hydrogen) atoms. The average Bonchev–Trinajstić information content (AvgIpc) is 1.96. The lowest BCUT2D eigenvalue weighted by atomic mass is 10.2. The Labute approximate surface area is 70.0 Å². The van der Waals surface area contributed by atoms with Gasteiger partial charge < -0.3 is 14.9 Å². The summed E-state index contributed by atoms with van der Waals surface area (Å²) in [7, 11) is 0. The molecule has 0 heterocycles. The summed E-state index contributed by atoms with van der Waals surface area (Å²) >= 11 is 0. The van der Waals surface area contributed by atoms with Gasteiger partial charge in [-0.05, 0) is 6.42 Å². The summed E-state index contributed by atoms with van der Waals surface area (Å²) < 4.78 is 4.61. The molecule has 0 saturated carbocycles. The van der Waals surface area contributed by atoms with Crippen molar-refractivity contribution in [3.05, 3.63) is 0 Å². The van der Waals surface area contributed by atoms with Crippen LogP contribution in [0.5, 0.6) is 0 Å². The Hall–Kier alpha value is -1.10. The van der Waals surface area contributed by atoms with Crippen LogP contribution >= 0.6 is 0 Å². The second kappa shape index (κ2) is 5.54. The van der Waals surface area contributed by atoms with Gasteiger partial charge in [0.2, 0.25) is 0 Å². The van der Waals surface area contributed by atoms with Gasteiger partial charge in [-0.25, -0.2) is 9.59 Å². The number of hydrogen-bond acceptors (Lipinski definition) is 3. The fourth-order valence-electron chi connectivity index (χ4n) is 0.712. The van der Waals surface area contributed by atoms with Gasteiger partial charge in [0.05, 0.1) is 0 Å². The highest BCUT2D eigenvalue weighted by Crippen LogP contribution is 2.01. The minimum Gasteiger partial charge on any atom is -0.480 e. The summed E-state index contributed by atoms with van der Waals surface area (Å²) in [6.45, 7) is 1.25. The molecule has 0 aliphatic carbocycles. The maximum Gasteiger partial charge on any atom is 0.332 e.